The summed E-state index contributed by atoms with van der Waals surface area (Å²) in [6.45, 7) is 1.32. The van der Waals surface area contributed by atoms with Crippen LogP contribution in [-0.2, 0) is 16.6 Å². The van der Waals surface area contributed by atoms with Gasteiger partial charge in [-0.3, -0.25) is 5.10 Å². The first kappa shape index (κ1) is 15.4. The van der Waals surface area contributed by atoms with Gasteiger partial charge in [0.05, 0.1) is 0 Å². The maximum atomic E-state index is 12.1. The Morgan fingerprint density at radius 3 is 3.10 bits per heavy atom. The molecular formula is C11H21N5O3S. The second-order valence-electron chi connectivity index (χ2n) is 4.98. The molecule has 8 nitrogen and oxygen atoms in total. The van der Waals surface area contributed by atoms with Crippen LogP contribution in [0.4, 0.5) is 0 Å². The van der Waals surface area contributed by atoms with Crippen LogP contribution in [0.5, 0.6) is 0 Å². The largest absolute Gasteiger partial charge is 0.396 e. The van der Waals surface area contributed by atoms with Gasteiger partial charge in [-0.25, -0.2) is 9.71 Å². The van der Waals surface area contributed by atoms with Gasteiger partial charge >= 0.3 is 0 Å². The van der Waals surface area contributed by atoms with Gasteiger partial charge in [0.1, 0.15) is 12.2 Å². The van der Waals surface area contributed by atoms with Crippen molar-refractivity contribution in [1.29, 1.82) is 0 Å². The molecular weight excluding hydrogens is 282 g/mol. The summed E-state index contributed by atoms with van der Waals surface area (Å²) >= 11 is 0. The molecule has 1 aliphatic heterocycles. The summed E-state index contributed by atoms with van der Waals surface area (Å²) in [5, 5.41) is 15.6. The van der Waals surface area contributed by atoms with Gasteiger partial charge in [0.2, 0.25) is 0 Å². The van der Waals surface area contributed by atoms with Crippen LogP contribution in [0.2, 0.25) is 0 Å². The molecule has 9 heteroatoms. The fourth-order valence-corrected chi connectivity index (χ4v) is 3.66. The molecule has 1 saturated heterocycles. The Hall–Kier alpha value is -1.03. The molecule has 0 aliphatic carbocycles. The van der Waals surface area contributed by atoms with E-state index in [9.17, 15) is 8.42 Å². The molecule has 0 saturated carbocycles. The molecule has 2 heterocycles. The Labute approximate surface area is 118 Å². The van der Waals surface area contributed by atoms with E-state index in [1.165, 1.54) is 10.6 Å². The maximum absolute atomic E-state index is 12.1. The number of nitrogens with zero attached hydrogens (tertiary/aromatic N) is 3. The lowest BCUT2D eigenvalue weighted by molar-refractivity contribution is 0.165. The highest BCUT2D eigenvalue weighted by molar-refractivity contribution is 7.87. The predicted molar refractivity (Wildman–Crippen MR) is 73.0 cm³/mol. The highest BCUT2D eigenvalue weighted by atomic mass is 32.2. The van der Waals surface area contributed by atoms with E-state index in [-0.39, 0.29) is 12.5 Å². The maximum Gasteiger partial charge on any atom is 0.279 e. The fraction of sp³-hybridized carbons (Fsp3) is 0.818. The van der Waals surface area contributed by atoms with Crippen molar-refractivity contribution in [2.24, 2.45) is 5.92 Å². The Morgan fingerprint density at radius 1 is 1.55 bits per heavy atom. The van der Waals surface area contributed by atoms with Crippen LogP contribution in [0.25, 0.3) is 0 Å². The molecule has 0 aromatic carbocycles. The summed E-state index contributed by atoms with van der Waals surface area (Å²) in [4.78, 5) is 3.98. The standard InChI is InChI=1S/C11H21N5O3S/c17-8-10-3-2-6-16(7-10)20(18,19)14-5-1-4-11-12-9-13-15-11/h9-10,14,17H,1-8H2,(H,12,13,15). The van der Waals surface area contributed by atoms with Crippen molar-refractivity contribution in [3.8, 4) is 0 Å². The van der Waals surface area contributed by atoms with Crippen LogP contribution >= 0.6 is 0 Å². The van der Waals surface area contributed by atoms with E-state index in [4.69, 9.17) is 5.11 Å². The first-order valence-electron chi connectivity index (χ1n) is 6.81. The third-order valence-electron chi connectivity index (χ3n) is 3.42. The summed E-state index contributed by atoms with van der Waals surface area (Å²) in [5.41, 5.74) is 0. The van der Waals surface area contributed by atoms with Crippen molar-refractivity contribution < 1.29 is 13.5 Å². The summed E-state index contributed by atoms with van der Waals surface area (Å²) in [5.74, 6) is 0.803. The zero-order chi connectivity index (χ0) is 14.4. The number of hydrogen-bond acceptors (Lipinski definition) is 5. The lowest BCUT2D eigenvalue weighted by atomic mass is 10.0. The molecule has 1 unspecified atom stereocenters. The molecule has 0 amide bonds. The number of H-pyrrole nitrogens is 1. The smallest absolute Gasteiger partial charge is 0.279 e. The number of aromatic amines is 1. The minimum atomic E-state index is -3.44. The molecule has 20 heavy (non-hydrogen) atoms. The van der Waals surface area contributed by atoms with Gasteiger partial charge in [-0.05, 0) is 25.2 Å². The van der Waals surface area contributed by atoms with E-state index in [2.05, 4.69) is 19.9 Å². The van der Waals surface area contributed by atoms with Crippen LogP contribution in [0.15, 0.2) is 6.33 Å². The molecule has 0 spiro atoms. The Morgan fingerprint density at radius 2 is 2.40 bits per heavy atom. The van der Waals surface area contributed by atoms with Gasteiger partial charge in [-0.1, -0.05) is 0 Å². The molecule has 1 aliphatic rings. The molecule has 1 aromatic rings. The van der Waals surface area contributed by atoms with E-state index in [1.807, 2.05) is 0 Å². The lowest BCUT2D eigenvalue weighted by Crippen LogP contribution is -2.46. The first-order chi connectivity index (χ1) is 9.62. The number of aryl methyl sites for hydroxylation is 1. The number of hydrogen-bond donors (Lipinski definition) is 3. The summed E-state index contributed by atoms with van der Waals surface area (Å²) in [7, 11) is -3.44. The minimum absolute atomic E-state index is 0.0392. The Bertz CT molecular complexity index is 490. The summed E-state index contributed by atoms with van der Waals surface area (Å²) < 4.78 is 28.2. The van der Waals surface area contributed by atoms with E-state index in [1.54, 1.807) is 0 Å². The molecule has 1 atom stereocenters. The second-order valence-corrected chi connectivity index (χ2v) is 6.74. The summed E-state index contributed by atoms with van der Waals surface area (Å²) in [6, 6.07) is 0. The monoisotopic (exact) mass is 303 g/mol. The van der Waals surface area contributed by atoms with Crippen LogP contribution < -0.4 is 4.72 Å². The molecule has 3 N–H and O–H groups in total. The van der Waals surface area contributed by atoms with E-state index in [0.717, 1.165) is 18.7 Å². The van der Waals surface area contributed by atoms with Crippen molar-refractivity contribution in [3.63, 3.8) is 0 Å². The van der Waals surface area contributed by atoms with Crippen LogP contribution in [-0.4, -0.2) is 59.3 Å². The normalized spacial score (nSPS) is 21.1. The number of rotatable bonds is 7. The van der Waals surface area contributed by atoms with Gasteiger partial charge < -0.3 is 5.11 Å². The zero-order valence-corrected chi connectivity index (χ0v) is 12.1. The van der Waals surface area contributed by atoms with Crippen molar-refractivity contribution in [3.05, 3.63) is 12.2 Å². The van der Waals surface area contributed by atoms with Crippen LogP contribution in [0, 0.1) is 5.92 Å². The van der Waals surface area contributed by atoms with Gasteiger partial charge in [0.25, 0.3) is 10.2 Å². The van der Waals surface area contributed by atoms with Crippen molar-refractivity contribution in [2.75, 3.05) is 26.2 Å². The fourth-order valence-electron chi connectivity index (χ4n) is 2.29. The van der Waals surface area contributed by atoms with Crippen molar-refractivity contribution in [1.82, 2.24) is 24.2 Å². The zero-order valence-electron chi connectivity index (χ0n) is 11.3. The quantitative estimate of drug-likeness (QED) is 0.575. The van der Waals surface area contributed by atoms with Crippen molar-refractivity contribution >= 4 is 10.2 Å². The SMILES string of the molecule is O=S(=O)(NCCCc1ncn[nH]1)N1CCCC(CO)C1. The van der Waals surface area contributed by atoms with Gasteiger partial charge in [-0.2, -0.15) is 17.8 Å². The van der Waals surface area contributed by atoms with E-state index in [0.29, 0.717) is 32.5 Å². The second kappa shape index (κ2) is 7.11. The number of aliphatic hydroxyl groups is 1. The topological polar surface area (TPSA) is 111 Å². The number of nitrogens with one attached hydrogen (secondary N) is 2. The molecule has 1 aromatic heterocycles. The molecule has 2 rings (SSSR count). The molecule has 1 fully saturated rings. The van der Waals surface area contributed by atoms with Gasteiger partial charge in [0, 0.05) is 32.7 Å². The summed E-state index contributed by atoms with van der Waals surface area (Å²) in [6.07, 6.45) is 4.42. The van der Waals surface area contributed by atoms with E-state index >= 15 is 0 Å². The van der Waals surface area contributed by atoms with Gasteiger partial charge in [-0.15, -0.1) is 0 Å². The molecule has 0 radical (unpaired) electrons. The third-order valence-corrected chi connectivity index (χ3v) is 5.00. The number of piperidine rings is 1. The molecule has 0 bridgehead atoms. The number of aromatic nitrogens is 3. The Kier molecular flexibility index (Phi) is 5.46. The average Bonchev–Trinajstić information content (AvgIpc) is 2.97. The Balaban J connectivity index is 1.75. The van der Waals surface area contributed by atoms with Crippen LogP contribution in [0.3, 0.4) is 0 Å². The number of aliphatic hydroxyl groups excluding tert-OH is 1. The molecule has 114 valence electrons. The van der Waals surface area contributed by atoms with Gasteiger partial charge in [0.15, 0.2) is 0 Å². The third kappa shape index (κ3) is 4.23. The minimum Gasteiger partial charge on any atom is -0.396 e. The average molecular weight is 303 g/mol. The van der Waals surface area contributed by atoms with E-state index < -0.39 is 10.2 Å². The lowest BCUT2D eigenvalue weighted by Gasteiger charge is -2.30. The van der Waals surface area contributed by atoms with Crippen molar-refractivity contribution in [2.45, 2.75) is 25.7 Å². The first-order valence-corrected chi connectivity index (χ1v) is 8.25. The van der Waals surface area contributed by atoms with Crippen LogP contribution in [0.1, 0.15) is 25.1 Å². The highest BCUT2D eigenvalue weighted by Gasteiger charge is 2.27. The highest BCUT2D eigenvalue weighted by Crippen LogP contribution is 2.17. The predicted octanol–water partition coefficient (Wildman–Crippen LogP) is -0.724.